The van der Waals surface area contributed by atoms with Crippen molar-refractivity contribution >= 4 is 5.78 Å². The zero-order valence-electron chi connectivity index (χ0n) is 9.29. The maximum absolute atomic E-state index is 11.9. The molecule has 0 amide bonds. The first-order valence-corrected chi connectivity index (χ1v) is 5.31. The van der Waals surface area contributed by atoms with E-state index in [9.17, 15) is 4.79 Å². The zero-order chi connectivity index (χ0) is 11.1. The fourth-order valence-corrected chi connectivity index (χ4v) is 2.51. The Balaban J connectivity index is 2.61. The predicted octanol–water partition coefficient (Wildman–Crippen LogP) is 3.57. The highest BCUT2D eigenvalue weighted by molar-refractivity contribution is 5.99. The van der Waals surface area contributed by atoms with E-state index < -0.39 is 0 Å². The molecule has 78 valence electrons. The molecule has 1 atom stereocenters. The molecule has 0 saturated carbocycles. The fraction of sp³-hybridized carbons (Fsp3) is 0.357. The number of fused-ring (bicyclic) bond motifs is 1. The molecule has 2 rings (SSSR count). The summed E-state index contributed by atoms with van der Waals surface area (Å²) < 4.78 is 0. The number of allylic oxidation sites excluding steroid dienone is 1. The van der Waals surface area contributed by atoms with Gasteiger partial charge in [-0.3, -0.25) is 4.79 Å². The van der Waals surface area contributed by atoms with Crippen molar-refractivity contribution in [2.75, 3.05) is 0 Å². The second-order valence-electron chi connectivity index (χ2n) is 4.89. The fourth-order valence-electron chi connectivity index (χ4n) is 2.51. The minimum absolute atomic E-state index is 0.00676. The lowest BCUT2D eigenvalue weighted by Gasteiger charge is -2.37. The Morgan fingerprint density at radius 3 is 2.73 bits per heavy atom. The van der Waals surface area contributed by atoms with Crippen molar-refractivity contribution in [3.05, 3.63) is 48.0 Å². The van der Waals surface area contributed by atoms with Crippen LogP contribution in [0.4, 0.5) is 0 Å². The van der Waals surface area contributed by atoms with Crippen molar-refractivity contribution in [3.63, 3.8) is 0 Å². The Kier molecular flexibility index (Phi) is 2.26. The number of benzene rings is 1. The number of ketones is 1. The normalized spacial score (nSPS) is 23.3. The molecule has 1 nitrogen and oxygen atoms in total. The quantitative estimate of drug-likeness (QED) is 0.633. The van der Waals surface area contributed by atoms with E-state index in [1.54, 1.807) is 0 Å². The second kappa shape index (κ2) is 3.34. The minimum Gasteiger partial charge on any atom is -0.294 e. The highest BCUT2D eigenvalue weighted by Gasteiger charge is 2.37. The van der Waals surface area contributed by atoms with Crippen molar-refractivity contribution in [2.45, 2.75) is 26.2 Å². The van der Waals surface area contributed by atoms with E-state index in [1.807, 2.05) is 30.3 Å². The van der Waals surface area contributed by atoms with E-state index in [0.29, 0.717) is 6.42 Å². The van der Waals surface area contributed by atoms with Gasteiger partial charge in [0.2, 0.25) is 0 Å². The van der Waals surface area contributed by atoms with Crippen LogP contribution in [0, 0.1) is 5.41 Å². The number of hydrogen-bond donors (Lipinski definition) is 0. The highest BCUT2D eigenvalue weighted by Crippen LogP contribution is 2.45. The molecule has 0 saturated heterocycles. The monoisotopic (exact) mass is 200 g/mol. The Morgan fingerprint density at radius 1 is 1.40 bits per heavy atom. The van der Waals surface area contributed by atoms with Gasteiger partial charge in [0.25, 0.3) is 0 Å². The van der Waals surface area contributed by atoms with E-state index in [-0.39, 0.29) is 17.1 Å². The Hall–Kier alpha value is -1.37. The molecule has 0 N–H and O–H groups in total. The third kappa shape index (κ3) is 1.52. The van der Waals surface area contributed by atoms with Crippen LogP contribution >= 0.6 is 0 Å². The summed E-state index contributed by atoms with van der Waals surface area (Å²) in [6.45, 7) is 8.16. The molecule has 0 bridgehead atoms. The molecule has 1 aliphatic rings. The van der Waals surface area contributed by atoms with Crippen molar-refractivity contribution < 1.29 is 4.79 Å². The van der Waals surface area contributed by atoms with Gasteiger partial charge in [0.05, 0.1) is 0 Å². The predicted molar refractivity (Wildman–Crippen MR) is 62.1 cm³/mol. The Labute approximate surface area is 90.8 Å². The summed E-state index contributed by atoms with van der Waals surface area (Å²) in [5.41, 5.74) is 2.00. The third-order valence-corrected chi connectivity index (χ3v) is 3.29. The number of carbonyl (C=O) groups excluding carboxylic acids is 1. The molecule has 0 fully saturated rings. The molecular weight excluding hydrogens is 184 g/mol. The van der Waals surface area contributed by atoms with E-state index >= 15 is 0 Å². The van der Waals surface area contributed by atoms with E-state index in [1.165, 1.54) is 0 Å². The van der Waals surface area contributed by atoms with Crippen molar-refractivity contribution in [1.82, 2.24) is 0 Å². The molecule has 1 aromatic carbocycles. The zero-order valence-corrected chi connectivity index (χ0v) is 9.29. The van der Waals surface area contributed by atoms with Gasteiger partial charge in [-0.05, 0) is 11.0 Å². The largest absolute Gasteiger partial charge is 0.294 e. The standard InChI is InChI=1S/C14H16O/c1-4-12-10-7-5-6-8-11(10)13(15)9-14(12,2)3/h4-8,12H,1,9H2,2-3H3. The van der Waals surface area contributed by atoms with Crippen LogP contribution in [0.1, 0.15) is 42.1 Å². The lowest BCUT2D eigenvalue weighted by atomic mass is 9.66. The molecule has 1 aliphatic carbocycles. The van der Waals surface area contributed by atoms with Crippen LogP contribution in [-0.2, 0) is 0 Å². The first kappa shape index (κ1) is 10.2. The molecule has 15 heavy (non-hydrogen) atoms. The minimum atomic E-state index is -0.00676. The highest BCUT2D eigenvalue weighted by atomic mass is 16.1. The molecule has 1 heteroatoms. The summed E-state index contributed by atoms with van der Waals surface area (Å²) in [4.78, 5) is 11.9. The second-order valence-corrected chi connectivity index (χ2v) is 4.89. The SMILES string of the molecule is C=CC1c2ccccc2C(=O)CC1(C)C. The van der Waals surface area contributed by atoms with Gasteiger partial charge in [0, 0.05) is 17.9 Å². The van der Waals surface area contributed by atoms with Crippen LogP contribution in [0.3, 0.4) is 0 Å². The lowest BCUT2D eigenvalue weighted by Crippen LogP contribution is -2.30. The van der Waals surface area contributed by atoms with Gasteiger partial charge in [-0.1, -0.05) is 44.2 Å². The summed E-state index contributed by atoms with van der Waals surface area (Å²) >= 11 is 0. The van der Waals surface area contributed by atoms with E-state index in [2.05, 4.69) is 20.4 Å². The number of hydrogen-bond acceptors (Lipinski definition) is 1. The average molecular weight is 200 g/mol. The number of Topliss-reactive ketones (excluding diaryl/α,β-unsaturated/α-hetero) is 1. The van der Waals surface area contributed by atoms with Crippen molar-refractivity contribution in [2.24, 2.45) is 5.41 Å². The van der Waals surface area contributed by atoms with Crippen molar-refractivity contribution in [3.8, 4) is 0 Å². The molecule has 0 heterocycles. The molecular formula is C14H16O. The summed E-state index contributed by atoms with van der Waals surface area (Å²) in [5, 5.41) is 0. The first-order chi connectivity index (χ1) is 7.06. The topological polar surface area (TPSA) is 17.1 Å². The van der Waals surface area contributed by atoms with Crippen LogP contribution in [0.5, 0.6) is 0 Å². The molecule has 1 unspecified atom stereocenters. The maximum atomic E-state index is 11.9. The van der Waals surface area contributed by atoms with Gasteiger partial charge in [-0.15, -0.1) is 6.58 Å². The number of carbonyl (C=O) groups is 1. The van der Waals surface area contributed by atoms with Crippen LogP contribution in [0.15, 0.2) is 36.9 Å². The average Bonchev–Trinajstić information content (AvgIpc) is 2.17. The first-order valence-electron chi connectivity index (χ1n) is 5.31. The Bertz CT molecular complexity index is 415. The summed E-state index contributed by atoms with van der Waals surface area (Å²) in [6, 6.07) is 7.88. The smallest absolute Gasteiger partial charge is 0.163 e. The third-order valence-electron chi connectivity index (χ3n) is 3.29. The molecule has 0 radical (unpaired) electrons. The summed E-state index contributed by atoms with van der Waals surface area (Å²) in [5.74, 6) is 0.542. The number of rotatable bonds is 1. The van der Waals surface area contributed by atoms with Gasteiger partial charge in [0.1, 0.15) is 0 Å². The Morgan fingerprint density at radius 2 is 2.07 bits per heavy atom. The lowest BCUT2D eigenvalue weighted by molar-refractivity contribution is 0.0899. The summed E-state index contributed by atoms with van der Waals surface area (Å²) in [6.07, 6.45) is 2.58. The van der Waals surface area contributed by atoms with Gasteiger partial charge < -0.3 is 0 Å². The molecule has 0 spiro atoms. The van der Waals surface area contributed by atoms with E-state index in [0.717, 1.165) is 11.1 Å². The van der Waals surface area contributed by atoms with Crippen molar-refractivity contribution in [1.29, 1.82) is 0 Å². The van der Waals surface area contributed by atoms with Crippen LogP contribution in [0.2, 0.25) is 0 Å². The molecule has 0 aliphatic heterocycles. The van der Waals surface area contributed by atoms with Gasteiger partial charge in [0.15, 0.2) is 5.78 Å². The van der Waals surface area contributed by atoms with Crippen LogP contribution in [-0.4, -0.2) is 5.78 Å². The van der Waals surface area contributed by atoms with Crippen LogP contribution in [0.25, 0.3) is 0 Å². The van der Waals surface area contributed by atoms with Gasteiger partial charge in [-0.25, -0.2) is 0 Å². The molecule has 0 aromatic heterocycles. The summed E-state index contributed by atoms with van der Waals surface area (Å²) in [7, 11) is 0. The molecule has 1 aromatic rings. The van der Waals surface area contributed by atoms with E-state index in [4.69, 9.17) is 0 Å². The van der Waals surface area contributed by atoms with Gasteiger partial charge >= 0.3 is 0 Å². The van der Waals surface area contributed by atoms with Crippen LogP contribution < -0.4 is 0 Å². The van der Waals surface area contributed by atoms with Gasteiger partial charge in [-0.2, -0.15) is 0 Å². The maximum Gasteiger partial charge on any atom is 0.163 e.